The molecule has 0 unspecified atom stereocenters. The molecule has 0 saturated carbocycles. The van der Waals surface area contributed by atoms with Crippen molar-refractivity contribution in [1.29, 1.82) is 0 Å². The molecule has 6 heteroatoms. The van der Waals surface area contributed by atoms with Crippen molar-refractivity contribution in [2.24, 2.45) is 5.73 Å². The number of rotatable bonds is 5. The highest BCUT2D eigenvalue weighted by Gasteiger charge is 2.19. The molecule has 0 amide bonds. The first kappa shape index (κ1) is 18.6. The van der Waals surface area contributed by atoms with Gasteiger partial charge in [-0.15, -0.1) is 0 Å². The molecule has 0 spiro atoms. The molecule has 0 aliphatic carbocycles. The topological polar surface area (TPSA) is 80.0 Å². The summed E-state index contributed by atoms with van der Waals surface area (Å²) in [5.41, 5.74) is 9.30. The van der Waals surface area contributed by atoms with Crippen LogP contribution in [0.15, 0.2) is 24.4 Å². The standard InChI is InChI=1S/C20H30N6/c1-13(2)17-10-16(11-18(24-17)14(3)4)23-19-7-8-22-20(25-19)26-9-5-6-15(21)12-26/h7-8,10-11,13-15H,5-6,9,12,21H2,1-4H3,(H,22,23,24,25)/t15-/m0/s1. The lowest BCUT2D eigenvalue weighted by Crippen LogP contribution is -2.43. The van der Waals surface area contributed by atoms with Crippen LogP contribution in [-0.4, -0.2) is 34.1 Å². The molecule has 0 radical (unpaired) electrons. The summed E-state index contributed by atoms with van der Waals surface area (Å²) in [4.78, 5) is 16.1. The van der Waals surface area contributed by atoms with E-state index in [0.717, 1.165) is 54.8 Å². The third-order valence-corrected chi connectivity index (χ3v) is 4.70. The van der Waals surface area contributed by atoms with E-state index in [1.54, 1.807) is 6.20 Å². The van der Waals surface area contributed by atoms with E-state index in [1.807, 2.05) is 6.07 Å². The Balaban J connectivity index is 1.83. The number of nitrogens with zero attached hydrogens (tertiary/aromatic N) is 4. The van der Waals surface area contributed by atoms with E-state index in [2.05, 4.69) is 55.0 Å². The van der Waals surface area contributed by atoms with Crippen molar-refractivity contribution in [1.82, 2.24) is 15.0 Å². The van der Waals surface area contributed by atoms with E-state index < -0.39 is 0 Å². The molecule has 1 saturated heterocycles. The van der Waals surface area contributed by atoms with Gasteiger partial charge in [-0.05, 0) is 42.9 Å². The fraction of sp³-hybridized carbons (Fsp3) is 0.550. The fourth-order valence-corrected chi connectivity index (χ4v) is 3.15. The largest absolute Gasteiger partial charge is 0.340 e. The lowest BCUT2D eigenvalue weighted by molar-refractivity contribution is 0.500. The highest BCUT2D eigenvalue weighted by molar-refractivity contribution is 5.58. The number of nitrogens with one attached hydrogen (secondary N) is 1. The minimum atomic E-state index is 0.200. The van der Waals surface area contributed by atoms with Crippen LogP contribution >= 0.6 is 0 Å². The molecular weight excluding hydrogens is 324 g/mol. The molecule has 6 nitrogen and oxygen atoms in total. The Morgan fingerprint density at radius 2 is 1.81 bits per heavy atom. The second-order valence-electron chi connectivity index (χ2n) is 7.73. The summed E-state index contributed by atoms with van der Waals surface area (Å²) in [6, 6.07) is 6.31. The maximum absolute atomic E-state index is 6.09. The average Bonchev–Trinajstić information content (AvgIpc) is 2.61. The maximum atomic E-state index is 6.09. The predicted octanol–water partition coefficient (Wildman–Crippen LogP) is 3.79. The summed E-state index contributed by atoms with van der Waals surface area (Å²) in [6.45, 7) is 10.4. The quantitative estimate of drug-likeness (QED) is 0.850. The first-order chi connectivity index (χ1) is 12.4. The lowest BCUT2D eigenvalue weighted by Gasteiger charge is -2.30. The molecule has 1 aliphatic rings. The van der Waals surface area contributed by atoms with Crippen LogP contribution < -0.4 is 16.0 Å². The Bertz CT molecular complexity index is 717. The molecule has 0 aromatic carbocycles. The van der Waals surface area contributed by atoms with E-state index in [-0.39, 0.29) is 6.04 Å². The van der Waals surface area contributed by atoms with Crippen molar-refractivity contribution in [3.63, 3.8) is 0 Å². The molecule has 1 atom stereocenters. The van der Waals surface area contributed by atoms with Crippen LogP contribution in [0, 0.1) is 0 Å². The van der Waals surface area contributed by atoms with Gasteiger partial charge in [-0.25, -0.2) is 4.98 Å². The molecule has 140 valence electrons. The summed E-state index contributed by atoms with van der Waals surface area (Å²) in [5.74, 6) is 2.30. The molecule has 2 aromatic heterocycles. The van der Waals surface area contributed by atoms with E-state index in [4.69, 9.17) is 15.7 Å². The smallest absolute Gasteiger partial charge is 0.227 e. The monoisotopic (exact) mass is 354 g/mol. The van der Waals surface area contributed by atoms with Crippen molar-refractivity contribution in [2.45, 2.75) is 58.4 Å². The number of aromatic nitrogens is 3. The predicted molar refractivity (Wildman–Crippen MR) is 107 cm³/mol. The first-order valence-corrected chi connectivity index (χ1v) is 9.55. The zero-order valence-corrected chi connectivity index (χ0v) is 16.2. The molecule has 0 bridgehead atoms. The zero-order chi connectivity index (χ0) is 18.7. The van der Waals surface area contributed by atoms with Crippen molar-refractivity contribution in [3.05, 3.63) is 35.8 Å². The summed E-state index contributed by atoms with van der Waals surface area (Å²) in [5, 5.41) is 3.44. The Hall–Kier alpha value is -2.21. The number of piperidine rings is 1. The maximum Gasteiger partial charge on any atom is 0.227 e. The van der Waals surface area contributed by atoms with Gasteiger partial charge in [-0.2, -0.15) is 4.98 Å². The van der Waals surface area contributed by atoms with Crippen LogP contribution in [0.4, 0.5) is 17.5 Å². The van der Waals surface area contributed by atoms with E-state index >= 15 is 0 Å². The van der Waals surface area contributed by atoms with E-state index in [9.17, 15) is 0 Å². The summed E-state index contributed by atoms with van der Waals surface area (Å²) < 4.78 is 0. The lowest BCUT2D eigenvalue weighted by atomic mass is 10.0. The number of pyridine rings is 1. The van der Waals surface area contributed by atoms with Gasteiger partial charge in [0, 0.05) is 42.4 Å². The van der Waals surface area contributed by atoms with Crippen LogP contribution in [0.25, 0.3) is 0 Å². The number of hydrogen-bond donors (Lipinski definition) is 2. The van der Waals surface area contributed by atoms with Gasteiger partial charge in [-0.3, -0.25) is 4.98 Å². The van der Waals surface area contributed by atoms with Gasteiger partial charge in [0.15, 0.2) is 0 Å². The van der Waals surface area contributed by atoms with E-state index in [0.29, 0.717) is 11.8 Å². The fourth-order valence-electron chi connectivity index (χ4n) is 3.15. The Morgan fingerprint density at radius 1 is 1.12 bits per heavy atom. The number of nitrogens with two attached hydrogens (primary N) is 1. The van der Waals surface area contributed by atoms with Crippen LogP contribution in [0.2, 0.25) is 0 Å². The molecule has 3 heterocycles. The van der Waals surface area contributed by atoms with Gasteiger partial charge in [-0.1, -0.05) is 27.7 Å². The van der Waals surface area contributed by atoms with Crippen molar-refractivity contribution in [2.75, 3.05) is 23.3 Å². The Morgan fingerprint density at radius 3 is 2.42 bits per heavy atom. The third-order valence-electron chi connectivity index (χ3n) is 4.70. The van der Waals surface area contributed by atoms with E-state index in [1.165, 1.54) is 0 Å². The van der Waals surface area contributed by atoms with Gasteiger partial charge >= 0.3 is 0 Å². The van der Waals surface area contributed by atoms with Gasteiger partial charge in [0.2, 0.25) is 5.95 Å². The van der Waals surface area contributed by atoms with Crippen LogP contribution in [0.5, 0.6) is 0 Å². The van der Waals surface area contributed by atoms with Crippen LogP contribution in [-0.2, 0) is 0 Å². The SMILES string of the molecule is CC(C)c1cc(Nc2ccnc(N3CCC[C@H](N)C3)n2)cc(C(C)C)n1. The molecule has 3 N–H and O–H groups in total. The van der Waals surface area contributed by atoms with Crippen molar-refractivity contribution in [3.8, 4) is 0 Å². The molecule has 3 rings (SSSR count). The average molecular weight is 355 g/mol. The highest BCUT2D eigenvalue weighted by Crippen LogP contribution is 2.25. The minimum Gasteiger partial charge on any atom is -0.340 e. The molecule has 1 fully saturated rings. The molecule has 1 aliphatic heterocycles. The van der Waals surface area contributed by atoms with Gasteiger partial charge in [0.05, 0.1) is 0 Å². The van der Waals surface area contributed by atoms with Gasteiger partial charge in [0.1, 0.15) is 5.82 Å². The molecule has 26 heavy (non-hydrogen) atoms. The molecular formula is C20H30N6. The summed E-state index contributed by atoms with van der Waals surface area (Å²) >= 11 is 0. The minimum absolute atomic E-state index is 0.200. The normalized spacial score (nSPS) is 17.8. The first-order valence-electron chi connectivity index (χ1n) is 9.55. The number of hydrogen-bond acceptors (Lipinski definition) is 6. The third kappa shape index (κ3) is 4.49. The molecule has 2 aromatic rings. The van der Waals surface area contributed by atoms with Gasteiger partial charge < -0.3 is 16.0 Å². The summed E-state index contributed by atoms with van der Waals surface area (Å²) in [6.07, 6.45) is 3.96. The van der Waals surface area contributed by atoms with Crippen LogP contribution in [0.3, 0.4) is 0 Å². The summed E-state index contributed by atoms with van der Waals surface area (Å²) in [7, 11) is 0. The second-order valence-corrected chi connectivity index (χ2v) is 7.73. The zero-order valence-electron chi connectivity index (χ0n) is 16.2. The van der Waals surface area contributed by atoms with Gasteiger partial charge in [0.25, 0.3) is 0 Å². The Labute approximate surface area is 156 Å². The van der Waals surface area contributed by atoms with Crippen molar-refractivity contribution < 1.29 is 0 Å². The van der Waals surface area contributed by atoms with Crippen LogP contribution in [0.1, 0.15) is 63.8 Å². The Kier molecular flexibility index (Phi) is 5.71. The van der Waals surface area contributed by atoms with Crippen molar-refractivity contribution >= 4 is 17.5 Å². The second kappa shape index (κ2) is 7.99. The highest BCUT2D eigenvalue weighted by atomic mass is 15.3. The number of anilines is 3.